The van der Waals surface area contributed by atoms with Gasteiger partial charge in [0.15, 0.2) is 0 Å². The third kappa shape index (κ3) is 7.07. The van der Waals surface area contributed by atoms with Crippen molar-refractivity contribution < 1.29 is 9.59 Å². The highest BCUT2D eigenvalue weighted by molar-refractivity contribution is 6.31. The largest absolute Gasteiger partial charge is 0.326 e. The Morgan fingerprint density at radius 3 is 2.48 bits per heavy atom. The molecule has 27 heavy (non-hydrogen) atoms. The molecule has 5 nitrogen and oxygen atoms in total. The zero-order valence-corrected chi connectivity index (χ0v) is 16.1. The van der Waals surface area contributed by atoms with Gasteiger partial charge in [-0.05, 0) is 43.2 Å². The number of hydrazone groups is 1. The monoisotopic (exact) mass is 383 g/mol. The van der Waals surface area contributed by atoms with Gasteiger partial charge in [-0.3, -0.25) is 9.59 Å². The van der Waals surface area contributed by atoms with Crippen LogP contribution in [0, 0.1) is 6.92 Å². The summed E-state index contributed by atoms with van der Waals surface area (Å²) in [6, 6.07) is 15.1. The summed E-state index contributed by atoms with van der Waals surface area (Å²) in [5, 5.41) is 7.35. The average molecular weight is 384 g/mol. The SMILES string of the molecule is CC(/C=C/c1ccccc1)=N/NC(=O)CCC(=O)Nc1cccc(Cl)c1C. The maximum absolute atomic E-state index is 12.0. The summed E-state index contributed by atoms with van der Waals surface area (Å²) in [4.78, 5) is 23.9. The topological polar surface area (TPSA) is 70.6 Å². The molecule has 0 radical (unpaired) electrons. The van der Waals surface area contributed by atoms with E-state index in [-0.39, 0.29) is 24.7 Å². The van der Waals surface area contributed by atoms with Gasteiger partial charge in [-0.1, -0.05) is 54.1 Å². The minimum atomic E-state index is -0.319. The van der Waals surface area contributed by atoms with Gasteiger partial charge in [-0.2, -0.15) is 5.10 Å². The number of hydrogen-bond acceptors (Lipinski definition) is 3. The van der Waals surface area contributed by atoms with E-state index in [9.17, 15) is 9.59 Å². The highest BCUT2D eigenvalue weighted by atomic mass is 35.5. The molecule has 0 aliphatic carbocycles. The third-order valence-corrected chi connectivity index (χ3v) is 4.20. The molecule has 0 saturated heterocycles. The number of halogens is 1. The van der Waals surface area contributed by atoms with E-state index < -0.39 is 0 Å². The average Bonchev–Trinajstić information content (AvgIpc) is 2.67. The zero-order valence-electron chi connectivity index (χ0n) is 15.3. The van der Waals surface area contributed by atoms with E-state index in [0.717, 1.165) is 11.1 Å². The number of nitrogens with one attached hydrogen (secondary N) is 2. The summed E-state index contributed by atoms with van der Waals surface area (Å²) in [6.45, 7) is 3.61. The van der Waals surface area contributed by atoms with Gasteiger partial charge >= 0.3 is 0 Å². The van der Waals surface area contributed by atoms with Gasteiger partial charge in [0.2, 0.25) is 11.8 Å². The first-order valence-electron chi connectivity index (χ1n) is 8.57. The van der Waals surface area contributed by atoms with Crippen molar-refractivity contribution in [2.45, 2.75) is 26.7 Å². The fourth-order valence-electron chi connectivity index (χ4n) is 2.21. The van der Waals surface area contributed by atoms with Crippen LogP contribution in [0.1, 0.15) is 30.9 Å². The standard InChI is InChI=1S/C21H22ClN3O2/c1-15(11-12-17-7-4-3-5-8-17)24-25-21(27)14-13-20(26)23-19-10-6-9-18(22)16(19)2/h3-12H,13-14H2,1-2H3,(H,23,26)(H,25,27)/b12-11+,24-15-. The van der Waals surface area contributed by atoms with Crippen LogP contribution in [0.25, 0.3) is 6.08 Å². The van der Waals surface area contributed by atoms with Gasteiger partial charge in [0.05, 0.1) is 5.71 Å². The highest BCUT2D eigenvalue weighted by Gasteiger charge is 2.09. The Hall–Kier alpha value is -2.92. The Labute approximate surface area is 164 Å². The molecule has 2 aromatic carbocycles. The smallest absolute Gasteiger partial charge is 0.240 e. The number of hydrogen-bond donors (Lipinski definition) is 2. The number of carbonyl (C=O) groups is 2. The summed E-state index contributed by atoms with van der Waals surface area (Å²) >= 11 is 6.02. The highest BCUT2D eigenvalue weighted by Crippen LogP contribution is 2.23. The van der Waals surface area contributed by atoms with Gasteiger partial charge < -0.3 is 5.32 Å². The molecule has 2 N–H and O–H groups in total. The van der Waals surface area contributed by atoms with E-state index in [1.165, 1.54) is 0 Å². The van der Waals surface area contributed by atoms with Crippen LogP contribution in [-0.4, -0.2) is 17.5 Å². The summed E-state index contributed by atoms with van der Waals surface area (Å²) in [5.41, 5.74) is 5.60. The van der Waals surface area contributed by atoms with Crippen LogP contribution in [0.2, 0.25) is 5.02 Å². The molecule has 6 heteroatoms. The van der Waals surface area contributed by atoms with Gasteiger partial charge in [0, 0.05) is 23.6 Å². The van der Waals surface area contributed by atoms with E-state index in [0.29, 0.717) is 16.4 Å². The van der Waals surface area contributed by atoms with Crippen LogP contribution < -0.4 is 10.7 Å². The maximum atomic E-state index is 12.0. The number of allylic oxidation sites excluding steroid dienone is 1. The van der Waals surface area contributed by atoms with E-state index in [2.05, 4.69) is 15.8 Å². The van der Waals surface area contributed by atoms with Gasteiger partial charge in [0.1, 0.15) is 0 Å². The molecule has 0 heterocycles. The lowest BCUT2D eigenvalue weighted by molar-refractivity contribution is -0.124. The fourth-order valence-corrected chi connectivity index (χ4v) is 2.38. The van der Waals surface area contributed by atoms with Gasteiger partial charge in [-0.25, -0.2) is 5.43 Å². The molecular weight excluding hydrogens is 362 g/mol. The predicted octanol–water partition coefficient (Wildman–Crippen LogP) is 4.57. The molecule has 0 atom stereocenters. The Balaban J connectivity index is 1.77. The van der Waals surface area contributed by atoms with Crippen molar-refractivity contribution in [2.75, 3.05) is 5.32 Å². The molecule has 0 bridgehead atoms. The van der Waals surface area contributed by atoms with E-state index in [1.54, 1.807) is 25.1 Å². The van der Waals surface area contributed by atoms with Crippen molar-refractivity contribution in [1.82, 2.24) is 5.43 Å². The van der Waals surface area contributed by atoms with Crippen molar-refractivity contribution in [3.8, 4) is 0 Å². The Morgan fingerprint density at radius 2 is 1.74 bits per heavy atom. The molecule has 2 rings (SSSR count). The van der Waals surface area contributed by atoms with Crippen LogP contribution in [0.3, 0.4) is 0 Å². The van der Waals surface area contributed by atoms with E-state index >= 15 is 0 Å². The Kier molecular flexibility index (Phi) is 7.77. The van der Waals surface area contributed by atoms with Crippen molar-refractivity contribution in [2.24, 2.45) is 5.10 Å². The number of amides is 2. The summed E-state index contributed by atoms with van der Waals surface area (Å²) < 4.78 is 0. The van der Waals surface area contributed by atoms with Crippen molar-refractivity contribution in [1.29, 1.82) is 0 Å². The van der Waals surface area contributed by atoms with Crippen molar-refractivity contribution >= 4 is 40.9 Å². The second kappa shape index (κ2) is 10.3. The zero-order chi connectivity index (χ0) is 19.6. The minimum Gasteiger partial charge on any atom is -0.326 e. The van der Waals surface area contributed by atoms with Crippen LogP contribution >= 0.6 is 11.6 Å². The lowest BCUT2D eigenvalue weighted by atomic mass is 10.2. The molecule has 0 aliphatic heterocycles. The summed E-state index contributed by atoms with van der Waals surface area (Å²) in [7, 11) is 0. The van der Waals surface area contributed by atoms with Gasteiger partial charge in [0.25, 0.3) is 0 Å². The second-order valence-corrected chi connectivity index (χ2v) is 6.40. The quantitative estimate of drug-likeness (QED) is 0.543. The van der Waals surface area contributed by atoms with Crippen LogP contribution in [0.15, 0.2) is 59.7 Å². The lowest BCUT2D eigenvalue weighted by Gasteiger charge is -2.09. The molecule has 0 spiro atoms. The number of rotatable bonds is 7. The molecular formula is C21H22ClN3O2. The van der Waals surface area contributed by atoms with E-state index in [1.807, 2.05) is 49.4 Å². The molecule has 0 saturated carbocycles. The van der Waals surface area contributed by atoms with Crippen molar-refractivity contribution in [3.05, 3.63) is 70.8 Å². The van der Waals surface area contributed by atoms with Crippen LogP contribution in [-0.2, 0) is 9.59 Å². The Bertz CT molecular complexity index is 861. The maximum Gasteiger partial charge on any atom is 0.240 e. The number of anilines is 1. The van der Waals surface area contributed by atoms with Gasteiger partial charge in [-0.15, -0.1) is 0 Å². The number of carbonyl (C=O) groups excluding carboxylic acids is 2. The molecule has 0 aromatic heterocycles. The second-order valence-electron chi connectivity index (χ2n) is 5.99. The summed E-state index contributed by atoms with van der Waals surface area (Å²) in [5.74, 6) is -0.569. The van der Waals surface area contributed by atoms with Crippen LogP contribution in [0.5, 0.6) is 0 Å². The molecule has 2 aromatic rings. The minimum absolute atomic E-state index is 0.0463. The molecule has 0 unspecified atom stereocenters. The first-order valence-corrected chi connectivity index (χ1v) is 8.94. The molecule has 0 aliphatic rings. The molecule has 0 fully saturated rings. The summed E-state index contributed by atoms with van der Waals surface area (Å²) in [6.07, 6.45) is 3.83. The Morgan fingerprint density at radius 1 is 1.04 bits per heavy atom. The first-order chi connectivity index (χ1) is 13.0. The normalized spacial score (nSPS) is 11.4. The van der Waals surface area contributed by atoms with E-state index in [4.69, 9.17) is 11.6 Å². The van der Waals surface area contributed by atoms with Crippen LogP contribution in [0.4, 0.5) is 5.69 Å². The third-order valence-electron chi connectivity index (χ3n) is 3.79. The molecule has 140 valence electrons. The lowest BCUT2D eigenvalue weighted by Crippen LogP contribution is -2.21. The molecule has 2 amide bonds. The number of benzene rings is 2. The fraction of sp³-hybridized carbons (Fsp3) is 0.190. The predicted molar refractivity (Wildman–Crippen MR) is 111 cm³/mol. The number of nitrogens with zero attached hydrogens (tertiary/aromatic N) is 1. The first kappa shape index (κ1) is 20.4. The van der Waals surface area contributed by atoms with Crippen molar-refractivity contribution in [3.63, 3.8) is 0 Å².